The van der Waals surface area contributed by atoms with Crippen molar-refractivity contribution in [1.82, 2.24) is 10.3 Å². The predicted octanol–water partition coefficient (Wildman–Crippen LogP) is 1.99. The fraction of sp³-hybridized carbons (Fsp3) is 0.333. The first-order valence-electron chi connectivity index (χ1n) is 6.75. The molecule has 0 atom stereocenters. The van der Waals surface area contributed by atoms with E-state index in [2.05, 4.69) is 10.3 Å². The van der Waals surface area contributed by atoms with E-state index < -0.39 is 0 Å². The Morgan fingerprint density at radius 3 is 2.86 bits per heavy atom. The van der Waals surface area contributed by atoms with Crippen LogP contribution in [0.25, 0.3) is 0 Å². The molecule has 0 bridgehead atoms. The number of ether oxygens (including phenoxy) is 2. The maximum absolute atomic E-state index is 12.3. The second kappa shape index (κ2) is 5.47. The maximum Gasteiger partial charge on any atom is 0.255 e. The molecule has 0 spiro atoms. The van der Waals surface area contributed by atoms with E-state index in [-0.39, 0.29) is 12.5 Å². The fourth-order valence-corrected chi connectivity index (χ4v) is 2.12. The van der Waals surface area contributed by atoms with Crippen LogP contribution in [0.3, 0.4) is 0 Å². The number of para-hydroxylation sites is 1. The smallest absolute Gasteiger partial charge is 0.255 e. The molecule has 0 saturated carbocycles. The normalized spacial score (nSPS) is 13.0. The summed E-state index contributed by atoms with van der Waals surface area (Å²) in [6, 6.07) is 5.25. The highest BCUT2D eigenvalue weighted by Gasteiger charge is 2.20. The van der Waals surface area contributed by atoms with Gasteiger partial charge in [-0.05, 0) is 26.0 Å². The SMILES string of the molecule is Cc1nc(CNC(=O)c2cccc3c2OCCO3)oc1C. The maximum atomic E-state index is 12.3. The van der Waals surface area contributed by atoms with Gasteiger partial charge < -0.3 is 19.2 Å². The van der Waals surface area contributed by atoms with Gasteiger partial charge in [0, 0.05) is 0 Å². The first kappa shape index (κ1) is 13.5. The summed E-state index contributed by atoms with van der Waals surface area (Å²) in [7, 11) is 0. The van der Waals surface area contributed by atoms with E-state index in [0.717, 1.165) is 11.5 Å². The van der Waals surface area contributed by atoms with Crippen molar-refractivity contribution in [2.24, 2.45) is 0 Å². The molecule has 3 rings (SSSR count). The van der Waals surface area contributed by atoms with Gasteiger partial charge in [-0.3, -0.25) is 4.79 Å². The summed E-state index contributed by atoms with van der Waals surface area (Å²) in [5.74, 6) is 2.08. The first-order valence-corrected chi connectivity index (χ1v) is 6.75. The van der Waals surface area contributed by atoms with Crippen molar-refractivity contribution in [3.8, 4) is 11.5 Å². The van der Waals surface area contributed by atoms with E-state index in [0.29, 0.717) is 36.2 Å². The third-order valence-corrected chi connectivity index (χ3v) is 3.28. The Hall–Kier alpha value is -2.50. The van der Waals surface area contributed by atoms with Crippen molar-refractivity contribution in [2.45, 2.75) is 20.4 Å². The van der Waals surface area contributed by atoms with Crippen LogP contribution in [0.4, 0.5) is 0 Å². The summed E-state index contributed by atoms with van der Waals surface area (Å²) in [5.41, 5.74) is 1.28. The fourth-order valence-electron chi connectivity index (χ4n) is 2.12. The minimum absolute atomic E-state index is 0.234. The molecule has 6 heteroatoms. The van der Waals surface area contributed by atoms with E-state index in [1.54, 1.807) is 18.2 Å². The zero-order valence-corrected chi connectivity index (χ0v) is 11.9. The van der Waals surface area contributed by atoms with E-state index in [9.17, 15) is 4.79 Å². The van der Waals surface area contributed by atoms with Crippen LogP contribution in [0.2, 0.25) is 0 Å². The summed E-state index contributed by atoms with van der Waals surface area (Å²) in [4.78, 5) is 16.5. The molecule has 0 fully saturated rings. The molecule has 6 nitrogen and oxygen atoms in total. The number of hydrogen-bond acceptors (Lipinski definition) is 5. The first-order chi connectivity index (χ1) is 10.1. The largest absolute Gasteiger partial charge is 0.486 e. The number of aryl methyl sites for hydroxylation is 2. The van der Waals surface area contributed by atoms with Crippen LogP contribution in [0.1, 0.15) is 27.7 Å². The van der Waals surface area contributed by atoms with Gasteiger partial charge in [-0.15, -0.1) is 0 Å². The molecule has 1 aliphatic rings. The van der Waals surface area contributed by atoms with Crippen molar-refractivity contribution in [2.75, 3.05) is 13.2 Å². The molecule has 1 aromatic heterocycles. The Morgan fingerprint density at radius 1 is 1.29 bits per heavy atom. The number of carbonyl (C=O) groups is 1. The zero-order valence-electron chi connectivity index (χ0n) is 11.9. The standard InChI is InChI=1S/C15H16N2O4/c1-9-10(2)21-13(17-9)8-16-15(18)11-4-3-5-12-14(11)20-7-6-19-12/h3-5H,6-8H2,1-2H3,(H,16,18). The average Bonchev–Trinajstić information content (AvgIpc) is 2.83. The Bertz CT molecular complexity index is 659. The predicted molar refractivity (Wildman–Crippen MR) is 74.6 cm³/mol. The van der Waals surface area contributed by atoms with Gasteiger partial charge >= 0.3 is 0 Å². The Labute approximate surface area is 122 Å². The molecule has 1 aliphatic heterocycles. The van der Waals surface area contributed by atoms with Crippen LogP contribution in [-0.2, 0) is 6.54 Å². The number of hydrogen-bond donors (Lipinski definition) is 1. The molecule has 0 aliphatic carbocycles. The monoisotopic (exact) mass is 288 g/mol. The number of amides is 1. The van der Waals surface area contributed by atoms with Crippen LogP contribution in [0.5, 0.6) is 11.5 Å². The highest BCUT2D eigenvalue weighted by Crippen LogP contribution is 2.33. The molecule has 2 heterocycles. The number of benzene rings is 1. The van der Waals surface area contributed by atoms with Gasteiger partial charge in [0.1, 0.15) is 19.0 Å². The molecule has 2 aromatic rings. The van der Waals surface area contributed by atoms with Gasteiger partial charge in [0.25, 0.3) is 5.91 Å². The molecule has 0 saturated heterocycles. The lowest BCUT2D eigenvalue weighted by Gasteiger charge is -2.20. The number of rotatable bonds is 3. The lowest BCUT2D eigenvalue weighted by Crippen LogP contribution is -2.25. The number of nitrogens with zero attached hydrogens (tertiary/aromatic N) is 1. The topological polar surface area (TPSA) is 73.6 Å². The van der Waals surface area contributed by atoms with Gasteiger partial charge in [-0.1, -0.05) is 6.07 Å². The van der Waals surface area contributed by atoms with Crippen LogP contribution in [-0.4, -0.2) is 24.1 Å². The van der Waals surface area contributed by atoms with Gasteiger partial charge in [-0.2, -0.15) is 0 Å². The number of nitrogens with one attached hydrogen (secondary N) is 1. The highest BCUT2D eigenvalue weighted by atomic mass is 16.6. The zero-order chi connectivity index (χ0) is 14.8. The van der Waals surface area contributed by atoms with E-state index >= 15 is 0 Å². The summed E-state index contributed by atoms with van der Waals surface area (Å²) in [5, 5.41) is 2.78. The number of fused-ring (bicyclic) bond motifs is 1. The van der Waals surface area contributed by atoms with Crippen LogP contribution in [0, 0.1) is 13.8 Å². The van der Waals surface area contributed by atoms with Crippen molar-refractivity contribution in [3.05, 3.63) is 41.1 Å². The van der Waals surface area contributed by atoms with Crippen molar-refractivity contribution < 1.29 is 18.7 Å². The molecule has 0 unspecified atom stereocenters. The average molecular weight is 288 g/mol. The summed E-state index contributed by atoms with van der Waals surface area (Å²) in [6.07, 6.45) is 0. The molecule has 1 aromatic carbocycles. The Kier molecular flexibility index (Phi) is 3.51. The lowest BCUT2D eigenvalue weighted by atomic mass is 10.1. The molecular weight excluding hydrogens is 272 g/mol. The third-order valence-electron chi connectivity index (χ3n) is 3.28. The molecule has 110 valence electrons. The van der Waals surface area contributed by atoms with Gasteiger partial charge in [0.15, 0.2) is 11.5 Å². The Balaban J connectivity index is 1.74. The summed E-state index contributed by atoms with van der Waals surface area (Å²) in [6.45, 7) is 4.87. The minimum atomic E-state index is -0.245. The van der Waals surface area contributed by atoms with Gasteiger partial charge in [0.05, 0.1) is 17.8 Å². The van der Waals surface area contributed by atoms with Crippen LogP contribution >= 0.6 is 0 Å². The van der Waals surface area contributed by atoms with Gasteiger partial charge in [0.2, 0.25) is 5.89 Å². The third kappa shape index (κ3) is 2.69. The number of aromatic nitrogens is 1. The van der Waals surface area contributed by atoms with Crippen LogP contribution in [0.15, 0.2) is 22.6 Å². The van der Waals surface area contributed by atoms with Crippen molar-refractivity contribution in [3.63, 3.8) is 0 Å². The molecule has 1 amide bonds. The van der Waals surface area contributed by atoms with Gasteiger partial charge in [-0.25, -0.2) is 4.98 Å². The summed E-state index contributed by atoms with van der Waals surface area (Å²) >= 11 is 0. The molecule has 1 N–H and O–H groups in total. The van der Waals surface area contributed by atoms with Crippen molar-refractivity contribution in [1.29, 1.82) is 0 Å². The Morgan fingerprint density at radius 2 is 2.10 bits per heavy atom. The quantitative estimate of drug-likeness (QED) is 0.935. The minimum Gasteiger partial charge on any atom is -0.486 e. The molecule has 0 radical (unpaired) electrons. The van der Waals surface area contributed by atoms with E-state index in [1.807, 2.05) is 13.8 Å². The highest BCUT2D eigenvalue weighted by molar-refractivity contribution is 5.97. The number of carbonyl (C=O) groups excluding carboxylic acids is 1. The lowest BCUT2D eigenvalue weighted by molar-refractivity contribution is 0.0936. The second-order valence-electron chi connectivity index (χ2n) is 4.76. The van der Waals surface area contributed by atoms with Crippen LogP contribution < -0.4 is 14.8 Å². The van der Waals surface area contributed by atoms with E-state index in [4.69, 9.17) is 13.9 Å². The second-order valence-corrected chi connectivity index (χ2v) is 4.76. The van der Waals surface area contributed by atoms with Crippen molar-refractivity contribution >= 4 is 5.91 Å². The summed E-state index contributed by atoms with van der Waals surface area (Å²) < 4.78 is 16.4. The van der Waals surface area contributed by atoms with E-state index in [1.165, 1.54) is 0 Å². The number of oxazole rings is 1. The molecular formula is C15H16N2O4. The molecule has 21 heavy (non-hydrogen) atoms.